The molecule has 0 N–H and O–H groups in total. The van der Waals surface area contributed by atoms with Crippen molar-refractivity contribution in [2.75, 3.05) is 39.7 Å². The van der Waals surface area contributed by atoms with Gasteiger partial charge >= 0.3 is 5.97 Å². The summed E-state index contributed by atoms with van der Waals surface area (Å²) in [6, 6.07) is 12.4. The lowest BCUT2D eigenvalue weighted by atomic mass is 10.1. The van der Waals surface area contributed by atoms with Gasteiger partial charge in [0.05, 0.1) is 47.1 Å². The molecule has 1 aliphatic rings. The monoisotopic (exact) mass is 504 g/mol. The van der Waals surface area contributed by atoms with E-state index in [1.807, 2.05) is 6.07 Å². The first-order valence-electron chi connectivity index (χ1n) is 11.3. The summed E-state index contributed by atoms with van der Waals surface area (Å²) in [5.41, 5.74) is 3.32. The van der Waals surface area contributed by atoms with Crippen molar-refractivity contribution in [3.05, 3.63) is 72.2 Å². The lowest BCUT2D eigenvalue weighted by Gasteiger charge is -2.26. The van der Waals surface area contributed by atoms with Crippen molar-refractivity contribution < 1.29 is 23.3 Å². The molecule has 10 heteroatoms. The van der Waals surface area contributed by atoms with E-state index in [9.17, 15) is 13.8 Å². The maximum absolute atomic E-state index is 13.1. The second-order valence-electron chi connectivity index (χ2n) is 8.29. The molecule has 3 heterocycles. The number of morpholine rings is 1. The van der Waals surface area contributed by atoms with Crippen molar-refractivity contribution in [1.82, 2.24) is 19.4 Å². The van der Waals surface area contributed by atoms with Gasteiger partial charge in [-0.1, -0.05) is 18.2 Å². The molecule has 9 nitrogen and oxygen atoms in total. The van der Waals surface area contributed by atoms with Crippen molar-refractivity contribution in [3.63, 3.8) is 0 Å². The minimum absolute atomic E-state index is 0.0706. The quantitative estimate of drug-likeness (QED) is 0.385. The van der Waals surface area contributed by atoms with Gasteiger partial charge < -0.3 is 14.4 Å². The van der Waals surface area contributed by atoms with Gasteiger partial charge in [-0.3, -0.25) is 13.6 Å². The van der Waals surface area contributed by atoms with Gasteiger partial charge in [0.15, 0.2) is 0 Å². The van der Waals surface area contributed by atoms with Crippen LogP contribution in [0, 0.1) is 0 Å². The molecule has 1 fully saturated rings. The summed E-state index contributed by atoms with van der Waals surface area (Å²) in [7, 11) is 0.0967. The summed E-state index contributed by atoms with van der Waals surface area (Å²) in [5.74, 6) is -0.0791. The predicted molar refractivity (Wildman–Crippen MR) is 135 cm³/mol. The third-order valence-corrected chi connectivity index (χ3v) is 7.06. The minimum atomic E-state index is -1.25. The largest absolute Gasteiger partial charge is 0.465 e. The minimum Gasteiger partial charge on any atom is -0.465 e. The molecule has 2 aromatic carbocycles. The van der Waals surface area contributed by atoms with Crippen LogP contribution in [0.1, 0.15) is 20.7 Å². The lowest BCUT2D eigenvalue weighted by molar-refractivity contribution is 0.0303. The fourth-order valence-corrected chi connectivity index (χ4v) is 4.92. The maximum atomic E-state index is 13.1. The fourth-order valence-electron chi connectivity index (χ4n) is 4.18. The topological polar surface area (TPSA) is 104 Å². The Balaban J connectivity index is 1.50. The predicted octanol–water partition coefficient (Wildman–Crippen LogP) is 3.08. The molecule has 36 heavy (non-hydrogen) atoms. The Labute approximate surface area is 210 Å². The van der Waals surface area contributed by atoms with Crippen LogP contribution in [0.4, 0.5) is 0 Å². The van der Waals surface area contributed by atoms with Crippen molar-refractivity contribution >= 4 is 33.6 Å². The fraction of sp³-hybridized carbons (Fsp3) is 0.231. The van der Waals surface area contributed by atoms with Crippen LogP contribution in [-0.2, 0) is 20.3 Å². The van der Waals surface area contributed by atoms with E-state index < -0.39 is 16.8 Å². The molecule has 184 valence electrons. The number of methoxy groups -OCH3 is 1. The smallest absolute Gasteiger partial charge is 0.337 e. The summed E-state index contributed by atoms with van der Waals surface area (Å²) < 4.78 is 24.3. The maximum Gasteiger partial charge on any atom is 0.337 e. The first kappa shape index (κ1) is 23.8. The van der Waals surface area contributed by atoms with Crippen LogP contribution in [0.5, 0.6) is 0 Å². The molecule has 2 aromatic heterocycles. The van der Waals surface area contributed by atoms with Crippen LogP contribution in [0.2, 0.25) is 0 Å². The van der Waals surface area contributed by atoms with E-state index >= 15 is 0 Å². The number of fused-ring (bicyclic) bond motifs is 1. The summed E-state index contributed by atoms with van der Waals surface area (Å²) >= 11 is 0. The highest BCUT2D eigenvalue weighted by molar-refractivity contribution is 7.84. The van der Waals surface area contributed by atoms with Gasteiger partial charge in [-0.25, -0.2) is 14.8 Å². The molecular weight excluding hydrogens is 480 g/mol. The molecule has 1 saturated heterocycles. The van der Waals surface area contributed by atoms with Crippen molar-refractivity contribution in [2.45, 2.75) is 4.90 Å². The summed E-state index contributed by atoms with van der Waals surface area (Å²) in [4.78, 5) is 36.2. The standard InChI is InChI=1S/C26H24N4O5S/c1-34-25(32)18-5-3-17(4-6-18)20-14-27-26(28-15-20)30-16-23(36(2)33)21-8-7-19(13-22(21)30)24(31)29-9-11-35-12-10-29/h3-8,13-16H,9-12H2,1-2H3. The van der Waals surface area contributed by atoms with E-state index in [2.05, 4.69) is 9.97 Å². The van der Waals surface area contributed by atoms with Crippen molar-refractivity contribution in [2.24, 2.45) is 0 Å². The molecule has 5 rings (SSSR count). The molecule has 0 aliphatic carbocycles. The number of carbonyl (C=O) groups is 2. The average molecular weight is 505 g/mol. The zero-order chi connectivity index (χ0) is 25.2. The van der Waals surface area contributed by atoms with E-state index in [0.717, 1.165) is 16.5 Å². The molecule has 0 spiro atoms. The van der Waals surface area contributed by atoms with Gasteiger partial charge in [-0.05, 0) is 29.8 Å². The number of amides is 1. The van der Waals surface area contributed by atoms with Gasteiger partial charge in [-0.15, -0.1) is 0 Å². The Morgan fingerprint density at radius 3 is 2.28 bits per heavy atom. The van der Waals surface area contributed by atoms with Gasteiger partial charge in [0.25, 0.3) is 5.91 Å². The Morgan fingerprint density at radius 1 is 0.972 bits per heavy atom. The van der Waals surface area contributed by atoms with Gasteiger partial charge in [0, 0.05) is 54.4 Å². The van der Waals surface area contributed by atoms with E-state index in [-0.39, 0.29) is 5.91 Å². The molecule has 0 radical (unpaired) electrons. The second-order valence-corrected chi connectivity index (χ2v) is 9.64. The van der Waals surface area contributed by atoms with E-state index in [0.29, 0.717) is 53.8 Å². The van der Waals surface area contributed by atoms with Crippen LogP contribution in [0.25, 0.3) is 28.0 Å². The highest BCUT2D eigenvalue weighted by atomic mass is 32.2. The van der Waals surface area contributed by atoms with Crippen molar-refractivity contribution in [1.29, 1.82) is 0 Å². The molecular formula is C26H24N4O5S. The lowest BCUT2D eigenvalue weighted by Crippen LogP contribution is -2.40. The summed E-state index contributed by atoms with van der Waals surface area (Å²) in [6.07, 6.45) is 6.75. The zero-order valence-electron chi connectivity index (χ0n) is 19.8. The Bertz CT molecular complexity index is 1460. The number of esters is 1. The van der Waals surface area contributed by atoms with E-state index in [1.165, 1.54) is 7.11 Å². The highest BCUT2D eigenvalue weighted by Gasteiger charge is 2.21. The molecule has 4 aromatic rings. The second kappa shape index (κ2) is 10.00. The molecule has 1 unspecified atom stereocenters. The van der Waals surface area contributed by atoms with Crippen LogP contribution < -0.4 is 0 Å². The molecule has 0 saturated carbocycles. The first-order chi connectivity index (χ1) is 17.5. The van der Waals surface area contributed by atoms with Gasteiger partial charge in [0.1, 0.15) is 0 Å². The Hall–Kier alpha value is -3.89. The normalized spacial score (nSPS) is 14.6. The van der Waals surface area contributed by atoms with Crippen LogP contribution in [0.3, 0.4) is 0 Å². The number of rotatable bonds is 5. The molecule has 1 atom stereocenters. The van der Waals surface area contributed by atoms with Gasteiger partial charge in [-0.2, -0.15) is 0 Å². The number of hydrogen-bond acceptors (Lipinski definition) is 7. The Morgan fingerprint density at radius 2 is 1.64 bits per heavy atom. The SMILES string of the molecule is COC(=O)c1ccc(-c2cnc(-n3cc(S(C)=O)c4ccc(C(=O)N5CCOCC5)cc43)nc2)cc1. The number of ether oxygens (including phenoxy) is 2. The summed E-state index contributed by atoms with van der Waals surface area (Å²) in [6.45, 7) is 2.14. The number of carbonyl (C=O) groups excluding carboxylic acids is 2. The molecule has 1 amide bonds. The van der Waals surface area contributed by atoms with Crippen LogP contribution in [-0.4, -0.2) is 75.2 Å². The van der Waals surface area contributed by atoms with Crippen LogP contribution in [0.15, 0.2) is 66.0 Å². The molecule has 0 bridgehead atoms. The number of aromatic nitrogens is 3. The van der Waals surface area contributed by atoms with E-state index in [4.69, 9.17) is 9.47 Å². The average Bonchev–Trinajstić information content (AvgIpc) is 3.32. The number of nitrogens with zero attached hydrogens (tertiary/aromatic N) is 4. The van der Waals surface area contributed by atoms with E-state index in [1.54, 1.807) is 70.7 Å². The van der Waals surface area contributed by atoms with Gasteiger partial charge in [0.2, 0.25) is 5.95 Å². The number of benzene rings is 2. The summed E-state index contributed by atoms with van der Waals surface area (Å²) in [5, 5.41) is 0.778. The highest BCUT2D eigenvalue weighted by Crippen LogP contribution is 2.28. The Kier molecular flexibility index (Phi) is 6.62. The number of hydrogen-bond donors (Lipinski definition) is 0. The molecule has 1 aliphatic heterocycles. The zero-order valence-corrected chi connectivity index (χ0v) is 20.7. The van der Waals surface area contributed by atoms with Crippen LogP contribution >= 0.6 is 0 Å². The third-order valence-electron chi connectivity index (χ3n) is 6.12. The third kappa shape index (κ3) is 4.52. The first-order valence-corrected chi connectivity index (χ1v) is 12.9. The van der Waals surface area contributed by atoms with Crippen molar-refractivity contribution in [3.8, 4) is 17.1 Å².